The lowest BCUT2D eigenvalue weighted by atomic mass is 10.1. The molecule has 0 aliphatic rings. The van der Waals surface area contributed by atoms with Crippen LogP contribution in [0.3, 0.4) is 0 Å². The maximum absolute atomic E-state index is 11.4. The number of ether oxygens (including phenoxy) is 1. The van der Waals surface area contributed by atoms with Crippen LogP contribution >= 0.6 is 0 Å². The van der Waals surface area contributed by atoms with Crippen LogP contribution in [0.4, 0.5) is 0 Å². The number of rotatable bonds is 4. The summed E-state index contributed by atoms with van der Waals surface area (Å²) in [6, 6.07) is 8.44. The van der Waals surface area contributed by atoms with E-state index in [4.69, 9.17) is 5.26 Å². The van der Waals surface area contributed by atoms with E-state index in [1.165, 1.54) is 13.2 Å². The van der Waals surface area contributed by atoms with E-state index >= 15 is 0 Å². The Hall–Kier alpha value is -2.41. The van der Waals surface area contributed by atoms with E-state index in [9.17, 15) is 9.59 Å². The zero-order valence-electron chi connectivity index (χ0n) is 9.34. The molecule has 1 aromatic rings. The van der Waals surface area contributed by atoms with E-state index in [1.54, 1.807) is 36.4 Å². The molecule has 0 unspecified atom stereocenters. The maximum atomic E-state index is 11.4. The number of nitrogens with zero attached hydrogens (tertiary/aromatic N) is 1. The van der Waals surface area contributed by atoms with Crippen LogP contribution in [-0.4, -0.2) is 18.9 Å². The van der Waals surface area contributed by atoms with Crippen molar-refractivity contribution < 1.29 is 14.3 Å². The van der Waals surface area contributed by atoms with Gasteiger partial charge in [0.1, 0.15) is 0 Å². The van der Waals surface area contributed by atoms with Crippen molar-refractivity contribution in [2.75, 3.05) is 7.11 Å². The largest absolute Gasteiger partial charge is 0.466 e. The van der Waals surface area contributed by atoms with Crippen LogP contribution in [0.15, 0.2) is 30.3 Å². The summed E-state index contributed by atoms with van der Waals surface area (Å²) in [5.74, 6) is -0.648. The lowest BCUT2D eigenvalue weighted by Crippen LogP contribution is -1.97. The Balaban J connectivity index is 2.75. The van der Waals surface area contributed by atoms with Crippen LogP contribution < -0.4 is 0 Å². The van der Waals surface area contributed by atoms with Gasteiger partial charge in [-0.25, -0.2) is 4.79 Å². The van der Waals surface area contributed by atoms with Crippen LogP contribution in [0.25, 0.3) is 6.08 Å². The van der Waals surface area contributed by atoms with Gasteiger partial charge in [-0.1, -0.05) is 24.3 Å². The number of carbonyl (C=O) groups is 2. The quantitative estimate of drug-likeness (QED) is 0.449. The molecule has 0 heterocycles. The number of hydrogen-bond acceptors (Lipinski definition) is 4. The first-order valence-corrected chi connectivity index (χ1v) is 4.93. The van der Waals surface area contributed by atoms with Gasteiger partial charge < -0.3 is 4.74 Å². The average molecular weight is 229 g/mol. The predicted molar refractivity (Wildman–Crippen MR) is 62.1 cm³/mol. The molecule has 17 heavy (non-hydrogen) atoms. The number of Topliss-reactive ketones (excluding diaryl/α,β-unsaturated/α-hetero) is 1. The monoisotopic (exact) mass is 229 g/mol. The van der Waals surface area contributed by atoms with Gasteiger partial charge in [0.2, 0.25) is 0 Å². The van der Waals surface area contributed by atoms with Crippen LogP contribution in [-0.2, 0) is 9.53 Å². The first-order chi connectivity index (χ1) is 8.17. The SMILES string of the molecule is COC(=O)C=Cc1ccc(C(=O)CC#N)cc1. The lowest BCUT2D eigenvalue weighted by molar-refractivity contribution is -0.134. The first kappa shape index (κ1) is 12.7. The van der Waals surface area contributed by atoms with Crippen LogP contribution in [0, 0.1) is 11.3 Å². The summed E-state index contributed by atoms with van der Waals surface area (Å²) in [5, 5.41) is 8.39. The standard InChI is InChI=1S/C13H11NO3/c1-17-13(16)7-4-10-2-5-11(6-3-10)12(15)8-9-14/h2-7H,8H2,1H3. The van der Waals surface area contributed by atoms with Gasteiger partial charge in [0.15, 0.2) is 5.78 Å². The van der Waals surface area contributed by atoms with Gasteiger partial charge in [-0.2, -0.15) is 5.26 Å². The van der Waals surface area contributed by atoms with Crippen LogP contribution in [0.2, 0.25) is 0 Å². The molecule has 0 atom stereocenters. The van der Waals surface area contributed by atoms with E-state index in [0.29, 0.717) is 5.56 Å². The number of hydrogen-bond donors (Lipinski definition) is 0. The molecule has 0 spiro atoms. The van der Waals surface area contributed by atoms with Crippen molar-refractivity contribution in [3.8, 4) is 6.07 Å². The summed E-state index contributed by atoms with van der Waals surface area (Å²) in [7, 11) is 1.30. The zero-order chi connectivity index (χ0) is 12.7. The fourth-order valence-electron chi connectivity index (χ4n) is 1.19. The molecule has 0 aromatic heterocycles. The topological polar surface area (TPSA) is 67.2 Å². The van der Waals surface area contributed by atoms with E-state index in [1.807, 2.05) is 0 Å². The van der Waals surface area contributed by atoms with Crippen molar-refractivity contribution in [2.45, 2.75) is 6.42 Å². The van der Waals surface area contributed by atoms with E-state index in [2.05, 4.69) is 4.74 Å². The normalized spacial score (nSPS) is 9.88. The Kier molecular flexibility index (Phi) is 4.64. The molecule has 4 heteroatoms. The molecule has 0 radical (unpaired) electrons. The van der Waals surface area contributed by atoms with Gasteiger partial charge in [0, 0.05) is 11.6 Å². The molecule has 0 saturated carbocycles. The molecule has 0 amide bonds. The highest BCUT2D eigenvalue weighted by atomic mass is 16.5. The molecule has 0 saturated heterocycles. The van der Waals surface area contributed by atoms with Gasteiger partial charge in [-0.05, 0) is 11.6 Å². The second-order valence-corrected chi connectivity index (χ2v) is 3.24. The minimum Gasteiger partial charge on any atom is -0.466 e. The highest BCUT2D eigenvalue weighted by molar-refractivity contribution is 5.97. The van der Waals surface area contributed by atoms with Crippen molar-refractivity contribution in [2.24, 2.45) is 0 Å². The molecular weight excluding hydrogens is 218 g/mol. The van der Waals surface area contributed by atoms with Crippen LogP contribution in [0.5, 0.6) is 0 Å². The number of ketones is 1. The van der Waals surface area contributed by atoms with Crippen molar-refractivity contribution >= 4 is 17.8 Å². The fraction of sp³-hybridized carbons (Fsp3) is 0.154. The number of methoxy groups -OCH3 is 1. The van der Waals surface area contributed by atoms with E-state index in [-0.39, 0.29) is 12.2 Å². The molecule has 86 valence electrons. The van der Waals surface area contributed by atoms with Crippen molar-refractivity contribution in [3.05, 3.63) is 41.5 Å². The van der Waals surface area contributed by atoms with Gasteiger partial charge in [-0.15, -0.1) is 0 Å². The third kappa shape index (κ3) is 3.92. The predicted octanol–water partition coefficient (Wildman–Crippen LogP) is 1.97. The smallest absolute Gasteiger partial charge is 0.330 e. The Bertz CT molecular complexity index is 480. The Morgan fingerprint density at radius 3 is 2.53 bits per heavy atom. The summed E-state index contributed by atoms with van der Waals surface area (Å²) >= 11 is 0. The van der Waals surface area contributed by atoms with Gasteiger partial charge in [-0.3, -0.25) is 4.79 Å². The van der Waals surface area contributed by atoms with Crippen molar-refractivity contribution in [1.29, 1.82) is 5.26 Å². The van der Waals surface area contributed by atoms with Gasteiger partial charge in [0.25, 0.3) is 0 Å². The van der Waals surface area contributed by atoms with E-state index in [0.717, 1.165) is 5.56 Å². The number of nitriles is 1. The van der Waals surface area contributed by atoms with Gasteiger partial charge >= 0.3 is 5.97 Å². The first-order valence-electron chi connectivity index (χ1n) is 4.93. The van der Waals surface area contributed by atoms with Gasteiger partial charge in [0.05, 0.1) is 19.6 Å². The molecule has 0 aliphatic heterocycles. The van der Waals surface area contributed by atoms with Crippen molar-refractivity contribution in [3.63, 3.8) is 0 Å². The third-order valence-corrected chi connectivity index (χ3v) is 2.09. The minimum atomic E-state index is -0.436. The zero-order valence-corrected chi connectivity index (χ0v) is 9.34. The third-order valence-electron chi connectivity index (χ3n) is 2.09. The number of benzene rings is 1. The fourth-order valence-corrected chi connectivity index (χ4v) is 1.19. The van der Waals surface area contributed by atoms with E-state index < -0.39 is 5.97 Å². The Morgan fingerprint density at radius 2 is 2.00 bits per heavy atom. The van der Waals surface area contributed by atoms with Crippen LogP contribution in [0.1, 0.15) is 22.3 Å². The average Bonchev–Trinajstić information content (AvgIpc) is 2.36. The summed E-state index contributed by atoms with van der Waals surface area (Å²) in [6.07, 6.45) is 2.76. The summed E-state index contributed by atoms with van der Waals surface area (Å²) in [5.41, 5.74) is 1.27. The Morgan fingerprint density at radius 1 is 1.35 bits per heavy atom. The minimum absolute atomic E-state index is 0.128. The summed E-state index contributed by atoms with van der Waals surface area (Å²) in [6.45, 7) is 0. The summed E-state index contributed by atoms with van der Waals surface area (Å²) < 4.78 is 4.45. The molecule has 0 bridgehead atoms. The number of carbonyl (C=O) groups excluding carboxylic acids is 2. The summed E-state index contributed by atoms with van der Waals surface area (Å²) in [4.78, 5) is 22.2. The highest BCUT2D eigenvalue weighted by Crippen LogP contribution is 2.08. The lowest BCUT2D eigenvalue weighted by Gasteiger charge is -1.97. The second kappa shape index (κ2) is 6.23. The molecule has 0 fully saturated rings. The Labute approximate surface area is 99.1 Å². The number of esters is 1. The molecule has 4 nitrogen and oxygen atoms in total. The molecule has 1 aromatic carbocycles. The molecule has 0 aliphatic carbocycles. The maximum Gasteiger partial charge on any atom is 0.330 e. The molecule has 1 rings (SSSR count). The molecule has 0 N–H and O–H groups in total. The molecular formula is C13H11NO3. The highest BCUT2D eigenvalue weighted by Gasteiger charge is 2.03. The van der Waals surface area contributed by atoms with Crippen molar-refractivity contribution in [1.82, 2.24) is 0 Å². The second-order valence-electron chi connectivity index (χ2n) is 3.24.